The van der Waals surface area contributed by atoms with Gasteiger partial charge in [0.15, 0.2) is 5.78 Å². The van der Waals surface area contributed by atoms with Crippen LogP contribution in [0.1, 0.15) is 45.1 Å². The van der Waals surface area contributed by atoms with Crippen LogP contribution in [0.15, 0.2) is 66.8 Å². The summed E-state index contributed by atoms with van der Waals surface area (Å²) in [7, 11) is 0. The Labute approximate surface area is 207 Å². The zero-order valence-corrected chi connectivity index (χ0v) is 20.5. The molecule has 6 nitrogen and oxygen atoms in total. The molecule has 1 saturated carbocycles. The smallest absolute Gasteiger partial charge is 0.331 e. The van der Waals surface area contributed by atoms with E-state index in [4.69, 9.17) is 4.74 Å². The Morgan fingerprint density at radius 2 is 1.89 bits per heavy atom. The lowest BCUT2D eigenvalue weighted by atomic mass is 9.59. The number of carbonyl (C=O) groups is 3. The third-order valence-electron chi connectivity index (χ3n) is 7.91. The van der Waals surface area contributed by atoms with E-state index in [1.807, 2.05) is 49.4 Å². The first-order chi connectivity index (χ1) is 16.7. The van der Waals surface area contributed by atoms with Crippen LogP contribution in [-0.4, -0.2) is 40.5 Å². The number of aliphatic hydroxyl groups excluding tert-OH is 1. The van der Waals surface area contributed by atoms with Crippen LogP contribution in [0.2, 0.25) is 0 Å². The quantitative estimate of drug-likeness (QED) is 0.501. The van der Waals surface area contributed by atoms with Gasteiger partial charge in [0.25, 0.3) is 5.91 Å². The zero-order chi connectivity index (χ0) is 25.2. The lowest BCUT2D eigenvalue weighted by molar-refractivity contribution is -0.182. The van der Waals surface area contributed by atoms with E-state index in [1.165, 1.54) is 6.08 Å². The van der Waals surface area contributed by atoms with E-state index in [0.717, 1.165) is 30.9 Å². The van der Waals surface area contributed by atoms with Crippen molar-refractivity contribution in [3.05, 3.63) is 72.4 Å². The first-order valence-electron chi connectivity index (χ1n) is 12.6. The third kappa shape index (κ3) is 4.90. The van der Waals surface area contributed by atoms with Crippen LogP contribution >= 0.6 is 0 Å². The first kappa shape index (κ1) is 25.1. The third-order valence-corrected chi connectivity index (χ3v) is 7.91. The molecule has 2 N–H and O–H groups in total. The van der Waals surface area contributed by atoms with E-state index in [1.54, 1.807) is 0 Å². The number of hydrogen-bond donors (Lipinski definition) is 2. The molecule has 35 heavy (non-hydrogen) atoms. The van der Waals surface area contributed by atoms with Gasteiger partial charge in [-0.05, 0) is 54.7 Å². The normalized spacial score (nSPS) is 37.9. The lowest BCUT2D eigenvalue weighted by Gasteiger charge is -2.49. The Balaban J connectivity index is 1.79. The molecule has 2 unspecified atom stereocenters. The lowest BCUT2D eigenvalue weighted by Crippen LogP contribution is -2.61. The topological polar surface area (TPSA) is 92.7 Å². The van der Waals surface area contributed by atoms with Gasteiger partial charge in [-0.2, -0.15) is 0 Å². The standard InChI is InChI=1S/C29H35NO5/c1-18-9-7-13-22(31)15-16-25(32)35-29-23(14-8-10-18)27(33)20(3)19(2)26(29)24(30-28(29)34)17-21-11-5-4-6-12-21/h4-6,8,11-12,14-16,18-19,23-24,26-27,33H,3,7,9-10,13,17H2,1-2H3,(H,30,34)/b14-8+,16-15+/t18-,19-,23?,24+,26+,27-,29?/m1/s1. The highest BCUT2D eigenvalue weighted by atomic mass is 16.6. The molecule has 2 aliphatic heterocycles. The van der Waals surface area contributed by atoms with Crippen LogP contribution in [0, 0.1) is 23.7 Å². The highest BCUT2D eigenvalue weighted by Gasteiger charge is 2.67. The van der Waals surface area contributed by atoms with Crippen LogP contribution in [-0.2, 0) is 25.5 Å². The number of aliphatic hydroxyl groups is 1. The molecule has 186 valence electrons. The second-order valence-corrected chi connectivity index (χ2v) is 10.3. The molecule has 1 aliphatic carbocycles. The van der Waals surface area contributed by atoms with Crippen LogP contribution in [0.4, 0.5) is 0 Å². The Morgan fingerprint density at radius 1 is 1.14 bits per heavy atom. The molecule has 0 radical (unpaired) electrons. The van der Waals surface area contributed by atoms with E-state index < -0.39 is 35.4 Å². The molecule has 1 aromatic rings. The molecule has 1 saturated heterocycles. The average molecular weight is 478 g/mol. The maximum Gasteiger partial charge on any atom is 0.331 e. The van der Waals surface area contributed by atoms with Gasteiger partial charge in [-0.25, -0.2) is 4.79 Å². The van der Waals surface area contributed by atoms with E-state index in [2.05, 4.69) is 18.8 Å². The van der Waals surface area contributed by atoms with Gasteiger partial charge < -0.3 is 15.2 Å². The van der Waals surface area contributed by atoms with Gasteiger partial charge in [0.1, 0.15) is 0 Å². The van der Waals surface area contributed by atoms with Crippen molar-refractivity contribution in [2.24, 2.45) is 23.7 Å². The van der Waals surface area contributed by atoms with E-state index in [0.29, 0.717) is 24.3 Å². The average Bonchev–Trinajstić information content (AvgIpc) is 3.09. The second kappa shape index (κ2) is 10.3. The van der Waals surface area contributed by atoms with Gasteiger partial charge in [0.05, 0.1) is 12.0 Å². The summed E-state index contributed by atoms with van der Waals surface area (Å²) in [6.07, 6.45) is 8.39. The number of ketones is 1. The fraction of sp³-hybridized carbons (Fsp3) is 0.483. The second-order valence-electron chi connectivity index (χ2n) is 10.3. The Kier molecular flexibility index (Phi) is 7.41. The first-order valence-corrected chi connectivity index (χ1v) is 12.6. The predicted octanol–water partition coefficient (Wildman–Crippen LogP) is 3.70. The monoisotopic (exact) mass is 477 g/mol. The number of allylic oxidation sites excluding steroid dienone is 2. The summed E-state index contributed by atoms with van der Waals surface area (Å²) in [4.78, 5) is 38.9. The van der Waals surface area contributed by atoms with Crippen LogP contribution in [0.5, 0.6) is 0 Å². The van der Waals surface area contributed by atoms with Crippen LogP contribution in [0.3, 0.4) is 0 Å². The molecule has 2 fully saturated rings. The molecule has 3 aliphatic rings. The van der Waals surface area contributed by atoms with Gasteiger partial charge in [-0.3, -0.25) is 9.59 Å². The minimum Gasteiger partial charge on any atom is -0.445 e. The minimum absolute atomic E-state index is 0.143. The van der Waals surface area contributed by atoms with Gasteiger partial charge in [0, 0.05) is 24.5 Å². The van der Waals surface area contributed by atoms with Crippen molar-refractivity contribution in [1.29, 1.82) is 0 Å². The fourth-order valence-corrected chi connectivity index (χ4v) is 6.00. The minimum atomic E-state index is -1.60. The maximum atomic E-state index is 13.7. The summed E-state index contributed by atoms with van der Waals surface area (Å²) in [5.41, 5.74) is 0.0801. The molecule has 7 atom stereocenters. The largest absolute Gasteiger partial charge is 0.445 e. The number of ether oxygens (including phenoxy) is 1. The molecule has 1 spiro atoms. The maximum absolute atomic E-state index is 13.7. The number of benzene rings is 1. The van der Waals surface area contributed by atoms with Crippen molar-refractivity contribution in [3.8, 4) is 0 Å². The van der Waals surface area contributed by atoms with Crippen molar-refractivity contribution < 1.29 is 24.2 Å². The van der Waals surface area contributed by atoms with Gasteiger partial charge in [-0.15, -0.1) is 0 Å². The van der Waals surface area contributed by atoms with Crippen molar-refractivity contribution >= 4 is 17.7 Å². The highest BCUT2D eigenvalue weighted by Crippen LogP contribution is 2.52. The van der Waals surface area contributed by atoms with Gasteiger partial charge in [-0.1, -0.05) is 62.9 Å². The summed E-state index contributed by atoms with van der Waals surface area (Å²) in [6, 6.07) is 9.53. The fourth-order valence-electron chi connectivity index (χ4n) is 6.00. The molecule has 1 amide bonds. The molecule has 1 aromatic carbocycles. The van der Waals surface area contributed by atoms with Crippen molar-refractivity contribution in [2.45, 2.75) is 63.7 Å². The highest BCUT2D eigenvalue weighted by molar-refractivity contribution is 5.98. The Hall–Kier alpha value is -2.99. The number of nitrogens with one attached hydrogen (secondary N) is 1. The van der Waals surface area contributed by atoms with Gasteiger partial charge in [0.2, 0.25) is 5.60 Å². The molecule has 0 aromatic heterocycles. The molecule has 6 heteroatoms. The zero-order valence-electron chi connectivity index (χ0n) is 20.5. The molecule has 0 bridgehead atoms. The molecule has 2 heterocycles. The number of amides is 1. The summed E-state index contributed by atoms with van der Waals surface area (Å²) in [6.45, 7) is 8.21. The molecular formula is C29H35NO5. The van der Waals surface area contributed by atoms with Crippen molar-refractivity contribution in [1.82, 2.24) is 5.32 Å². The Morgan fingerprint density at radius 3 is 2.63 bits per heavy atom. The van der Waals surface area contributed by atoms with Crippen LogP contribution in [0.25, 0.3) is 0 Å². The summed E-state index contributed by atoms with van der Waals surface area (Å²) in [5.74, 6) is -2.46. The molecular weight excluding hydrogens is 442 g/mol. The number of rotatable bonds is 2. The molecule has 4 rings (SSSR count). The summed E-state index contributed by atoms with van der Waals surface area (Å²) < 4.78 is 6.01. The Bertz CT molecular complexity index is 1040. The van der Waals surface area contributed by atoms with Crippen molar-refractivity contribution in [3.63, 3.8) is 0 Å². The number of carbonyl (C=O) groups excluding carboxylic acids is 3. The van der Waals surface area contributed by atoms with E-state index in [9.17, 15) is 19.5 Å². The van der Waals surface area contributed by atoms with E-state index in [-0.39, 0.29) is 17.7 Å². The van der Waals surface area contributed by atoms with Crippen LogP contribution < -0.4 is 5.32 Å². The summed E-state index contributed by atoms with van der Waals surface area (Å²) in [5, 5.41) is 14.4. The van der Waals surface area contributed by atoms with Gasteiger partial charge >= 0.3 is 5.97 Å². The summed E-state index contributed by atoms with van der Waals surface area (Å²) >= 11 is 0. The SMILES string of the molecule is C=C1[C@@H](O)C2/C=C/C[C@H](C)CCCC(=O)/C=C/C(=O)OC23C(=O)N[C@@H](Cc2ccccc2)[C@@H]3[C@@H]1C. The van der Waals surface area contributed by atoms with E-state index >= 15 is 0 Å². The predicted molar refractivity (Wildman–Crippen MR) is 133 cm³/mol. The number of esters is 1. The van der Waals surface area contributed by atoms with Crippen molar-refractivity contribution in [2.75, 3.05) is 0 Å². The number of hydrogen-bond acceptors (Lipinski definition) is 5.